The lowest BCUT2D eigenvalue weighted by atomic mass is 9.89. The first-order valence-corrected chi connectivity index (χ1v) is 6.14. The van der Waals surface area contributed by atoms with E-state index < -0.39 is 0 Å². The highest BCUT2D eigenvalue weighted by Gasteiger charge is 2.26. The highest BCUT2D eigenvalue weighted by atomic mass is 16.3. The van der Waals surface area contributed by atoms with Crippen molar-refractivity contribution in [2.24, 2.45) is 0 Å². The number of aliphatic hydroxyl groups is 1. The molecule has 0 spiro atoms. The molecular formula is C13H24O. The predicted octanol–water partition coefficient (Wildman–Crippen LogP) is 3.82. The molecule has 1 saturated carbocycles. The van der Waals surface area contributed by atoms with Crippen molar-refractivity contribution in [1.29, 1.82) is 0 Å². The van der Waals surface area contributed by atoms with E-state index in [2.05, 4.69) is 19.1 Å². The molecule has 1 fully saturated rings. The SMILES string of the molecule is CCC=CCCC1(O)CCCCCC1. The van der Waals surface area contributed by atoms with Crippen LogP contribution in [0.15, 0.2) is 12.2 Å². The molecule has 0 radical (unpaired) electrons. The number of hydrogen-bond acceptors (Lipinski definition) is 1. The van der Waals surface area contributed by atoms with Gasteiger partial charge in [0.05, 0.1) is 5.60 Å². The van der Waals surface area contributed by atoms with Crippen molar-refractivity contribution in [3.63, 3.8) is 0 Å². The summed E-state index contributed by atoms with van der Waals surface area (Å²) < 4.78 is 0. The molecule has 0 saturated heterocycles. The molecule has 0 aromatic carbocycles. The third-order valence-corrected chi connectivity index (χ3v) is 3.21. The van der Waals surface area contributed by atoms with Crippen molar-refractivity contribution < 1.29 is 5.11 Å². The molecular weight excluding hydrogens is 172 g/mol. The van der Waals surface area contributed by atoms with Gasteiger partial charge in [0, 0.05) is 0 Å². The van der Waals surface area contributed by atoms with Gasteiger partial charge in [0.1, 0.15) is 0 Å². The molecule has 1 N–H and O–H groups in total. The van der Waals surface area contributed by atoms with Gasteiger partial charge in [0.15, 0.2) is 0 Å². The monoisotopic (exact) mass is 196 g/mol. The Morgan fingerprint density at radius 3 is 2.29 bits per heavy atom. The first-order valence-electron chi connectivity index (χ1n) is 6.14. The van der Waals surface area contributed by atoms with Crippen molar-refractivity contribution in [2.75, 3.05) is 0 Å². The van der Waals surface area contributed by atoms with Gasteiger partial charge < -0.3 is 5.11 Å². The molecule has 0 unspecified atom stereocenters. The standard InChI is InChI=1S/C13H24O/c1-2-3-4-7-10-13(14)11-8-5-6-9-12-13/h3-4,14H,2,5-12H2,1H3. The summed E-state index contributed by atoms with van der Waals surface area (Å²) in [7, 11) is 0. The number of rotatable bonds is 4. The molecule has 0 atom stereocenters. The molecule has 14 heavy (non-hydrogen) atoms. The predicted molar refractivity (Wildman–Crippen MR) is 61.3 cm³/mol. The normalized spacial score (nSPS) is 22.4. The van der Waals surface area contributed by atoms with Gasteiger partial charge in [-0.1, -0.05) is 44.8 Å². The van der Waals surface area contributed by atoms with Crippen LogP contribution in [0.3, 0.4) is 0 Å². The van der Waals surface area contributed by atoms with Crippen LogP contribution in [0.2, 0.25) is 0 Å². The minimum atomic E-state index is -0.339. The van der Waals surface area contributed by atoms with E-state index in [-0.39, 0.29) is 5.60 Å². The topological polar surface area (TPSA) is 20.2 Å². The number of allylic oxidation sites excluding steroid dienone is 2. The van der Waals surface area contributed by atoms with E-state index in [1.807, 2.05) is 0 Å². The molecule has 82 valence electrons. The minimum absolute atomic E-state index is 0.339. The maximum absolute atomic E-state index is 10.3. The third-order valence-electron chi connectivity index (χ3n) is 3.21. The first-order chi connectivity index (χ1) is 6.77. The van der Waals surface area contributed by atoms with E-state index in [4.69, 9.17) is 0 Å². The highest BCUT2D eigenvalue weighted by molar-refractivity contribution is 4.87. The first kappa shape index (κ1) is 11.8. The molecule has 0 amide bonds. The Balaban J connectivity index is 2.27. The van der Waals surface area contributed by atoms with Gasteiger partial charge in [-0.2, -0.15) is 0 Å². The van der Waals surface area contributed by atoms with Crippen molar-refractivity contribution in [3.8, 4) is 0 Å². The molecule has 0 bridgehead atoms. The second-order valence-electron chi connectivity index (χ2n) is 4.56. The van der Waals surface area contributed by atoms with Gasteiger partial charge in [0.2, 0.25) is 0 Å². The van der Waals surface area contributed by atoms with Gasteiger partial charge in [-0.25, -0.2) is 0 Å². The summed E-state index contributed by atoms with van der Waals surface area (Å²) in [5, 5.41) is 10.3. The molecule has 1 aliphatic rings. The molecule has 0 aromatic rings. The fraction of sp³-hybridized carbons (Fsp3) is 0.846. The summed E-state index contributed by atoms with van der Waals surface area (Å²) in [6, 6.07) is 0. The summed E-state index contributed by atoms with van der Waals surface area (Å²) in [5.74, 6) is 0. The van der Waals surface area contributed by atoms with Gasteiger partial charge in [0.25, 0.3) is 0 Å². The van der Waals surface area contributed by atoms with E-state index in [1.54, 1.807) is 0 Å². The van der Waals surface area contributed by atoms with Crippen LogP contribution in [0.25, 0.3) is 0 Å². The van der Waals surface area contributed by atoms with Crippen molar-refractivity contribution in [3.05, 3.63) is 12.2 Å². The molecule has 1 heteroatoms. The van der Waals surface area contributed by atoms with Gasteiger partial charge in [-0.05, 0) is 32.1 Å². The third kappa shape index (κ3) is 4.28. The zero-order chi connectivity index (χ0) is 10.3. The highest BCUT2D eigenvalue weighted by Crippen LogP contribution is 2.30. The van der Waals surface area contributed by atoms with Gasteiger partial charge >= 0.3 is 0 Å². The van der Waals surface area contributed by atoms with E-state index in [0.29, 0.717) is 0 Å². The summed E-state index contributed by atoms with van der Waals surface area (Å²) >= 11 is 0. The van der Waals surface area contributed by atoms with Crippen LogP contribution in [0, 0.1) is 0 Å². The quantitative estimate of drug-likeness (QED) is 0.535. The Labute approximate surface area is 88.2 Å². The molecule has 0 aliphatic heterocycles. The Morgan fingerprint density at radius 2 is 1.71 bits per heavy atom. The summed E-state index contributed by atoms with van der Waals surface area (Å²) in [6.45, 7) is 2.15. The van der Waals surface area contributed by atoms with Crippen LogP contribution in [-0.4, -0.2) is 10.7 Å². The smallest absolute Gasteiger partial charge is 0.0650 e. The summed E-state index contributed by atoms with van der Waals surface area (Å²) in [6.07, 6.45) is 14.6. The van der Waals surface area contributed by atoms with Crippen LogP contribution in [-0.2, 0) is 0 Å². The van der Waals surface area contributed by atoms with E-state index in [1.165, 1.54) is 25.7 Å². The van der Waals surface area contributed by atoms with Crippen molar-refractivity contribution >= 4 is 0 Å². The van der Waals surface area contributed by atoms with Crippen LogP contribution in [0.4, 0.5) is 0 Å². The van der Waals surface area contributed by atoms with Gasteiger partial charge in [-0.15, -0.1) is 0 Å². The van der Waals surface area contributed by atoms with Crippen LogP contribution < -0.4 is 0 Å². The second kappa shape index (κ2) is 6.23. The lowest BCUT2D eigenvalue weighted by Crippen LogP contribution is -2.27. The fourth-order valence-corrected chi connectivity index (χ4v) is 2.27. The van der Waals surface area contributed by atoms with Crippen LogP contribution >= 0.6 is 0 Å². The van der Waals surface area contributed by atoms with Crippen molar-refractivity contribution in [1.82, 2.24) is 0 Å². The fourth-order valence-electron chi connectivity index (χ4n) is 2.27. The maximum atomic E-state index is 10.3. The Hall–Kier alpha value is -0.300. The average molecular weight is 196 g/mol. The Bertz CT molecular complexity index is 164. The van der Waals surface area contributed by atoms with Crippen LogP contribution in [0.5, 0.6) is 0 Å². The zero-order valence-electron chi connectivity index (χ0n) is 9.47. The Kier molecular flexibility index (Phi) is 5.24. The molecule has 0 heterocycles. The Morgan fingerprint density at radius 1 is 1.07 bits per heavy atom. The lowest BCUT2D eigenvalue weighted by Gasteiger charge is -2.25. The van der Waals surface area contributed by atoms with E-state index in [0.717, 1.165) is 32.1 Å². The van der Waals surface area contributed by atoms with Crippen LogP contribution in [0.1, 0.15) is 64.7 Å². The molecule has 1 rings (SSSR count). The molecule has 1 aliphatic carbocycles. The molecule has 0 aromatic heterocycles. The van der Waals surface area contributed by atoms with Gasteiger partial charge in [-0.3, -0.25) is 0 Å². The zero-order valence-corrected chi connectivity index (χ0v) is 9.47. The largest absolute Gasteiger partial charge is 0.390 e. The average Bonchev–Trinajstić information content (AvgIpc) is 2.39. The summed E-state index contributed by atoms with van der Waals surface area (Å²) in [4.78, 5) is 0. The molecule has 1 nitrogen and oxygen atoms in total. The number of hydrogen-bond donors (Lipinski definition) is 1. The van der Waals surface area contributed by atoms with E-state index in [9.17, 15) is 5.11 Å². The minimum Gasteiger partial charge on any atom is -0.390 e. The van der Waals surface area contributed by atoms with Crippen molar-refractivity contribution in [2.45, 2.75) is 70.3 Å². The lowest BCUT2D eigenvalue weighted by molar-refractivity contribution is 0.0174. The maximum Gasteiger partial charge on any atom is 0.0650 e. The second-order valence-corrected chi connectivity index (χ2v) is 4.56. The van der Waals surface area contributed by atoms with E-state index >= 15 is 0 Å². The summed E-state index contributed by atoms with van der Waals surface area (Å²) in [5.41, 5.74) is -0.339.